The summed E-state index contributed by atoms with van der Waals surface area (Å²) in [5.74, 6) is 0.509. The third kappa shape index (κ3) is 3.84. The minimum absolute atomic E-state index is 0.122. The highest BCUT2D eigenvalue weighted by Gasteiger charge is 2.14. The second-order valence-corrected chi connectivity index (χ2v) is 6.92. The zero-order valence-corrected chi connectivity index (χ0v) is 17.0. The molecule has 8 heteroatoms. The van der Waals surface area contributed by atoms with Crippen molar-refractivity contribution in [2.24, 2.45) is 4.99 Å². The molecule has 0 aliphatic heterocycles. The van der Waals surface area contributed by atoms with Crippen LogP contribution in [0.5, 0.6) is 0 Å². The topological polar surface area (TPSA) is 105 Å². The van der Waals surface area contributed by atoms with E-state index in [9.17, 15) is 4.79 Å². The molecule has 0 fully saturated rings. The number of nitrogens with zero attached hydrogens (tertiary/aromatic N) is 5. The van der Waals surface area contributed by atoms with Crippen molar-refractivity contribution in [3.63, 3.8) is 0 Å². The van der Waals surface area contributed by atoms with E-state index in [0.717, 1.165) is 47.5 Å². The van der Waals surface area contributed by atoms with E-state index < -0.39 is 0 Å². The van der Waals surface area contributed by atoms with Crippen LogP contribution in [0.3, 0.4) is 0 Å². The Bertz CT molecular complexity index is 1200. The van der Waals surface area contributed by atoms with Crippen LogP contribution < -0.4 is 5.56 Å². The summed E-state index contributed by atoms with van der Waals surface area (Å²) >= 11 is 0. The van der Waals surface area contributed by atoms with Gasteiger partial charge in [0.25, 0.3) is 5.56 Å². The smallest absolute Gasteiger partial charge is 0.280 e. The van der Waals surface area contributed by atoms with E-state index in [4.69, 9.17) is 0 Å². The monoisotopic (exact) mass is 401 g/mol. The minimum atomic E-state index is -0.122. The molecule has 0 spiro atoms. The molecule has 0 atom stereocenters. The lowest BCUT2D eigenvalue weighted by Crippen LogP contribution is -2.17. The number of aromatic amines is 2. The van der Waals surface area contributed by atoms with Crippen molar-refractivity contribution in [3.05, 3.63) is 75.7 Å². The lowest BCUT2D eigenvalue weighted by Gasteiger charge is -2.02. The molecule has 0 bridgehead atoms. The van der Waals surface area contributed by atoms with Gasteiger partial charge in [0.05, 0.1) is 16.9 Å². The van der Waals surface area contributed by atoms with Crippen LogP contribution in [-0.2, 0) is 12.8 Å². The zero-order chi connectivity index (χ0) is 20.9. The second kappa shape index (κ2) is 8.69. The van der Waals surface area contributed by atoms with Crippen LogP contribution in [0.1, 0.15) is 37.1 Å². The summed E-state index contributed by atoms with van der Waals surface area (Å²) in [5, 5.41) is 17.2. The second-order valence-electron chi connectivity index (χ2n) is 6.92. The summed E-state index contributed by atoms with van der Waals surface area (Å²) in [6, 6.07) is 15.4. The van der Waals surface area contributed by atoms with Gasteiger partial charge in [0.15, 0.2) is 0 Å². The van der Waals surface area contributed by atoms with Crippen molar-refractivity contribution >= 4 is 11.9 Å². The molecule has 2 aromatic carbocycles. The number of aliphatic imine (C=N–C) groups is 1. The molecule has 0 radical (unpaired) electrons. The van der Waals surface area contributed by atoms with Gasteiger partial charge in [-0.2, -0.15) is 5.21 Å². The van der Waals surface area contributed by atoms with Crippen molar-refractivity contribution in [1.82, 2.24) is 30.4 Å². The van der Waals surface area contributed by atoms with Gasteiger partial charge in [-0.3, -0.25) is 14.9 Å². The summed E-state index contributed by atoms with van der Waals surface area (Å²) in [5.41, 5.74) is 4.94. The Morgan fingerprint density at radius 1 is 1.10 bits per heavy atom. The summed E-state index contributed by atoms with van der Waals surface area (Å²) in [6.07, 6.45) is 4.25. The third-order valence-corrected chi connectivity index (χ3v) is 4.94. The molecule has 4 rings (SSSR count). The molecule has 2 heterocycles. The standard InChI is InChI=1S/C22H23N7O/c1-3-7-20-18(14-23-19-9-6-5-8-15(19)4-2)22(30)29(26-20)17-12-10-16(11-13-17)21-24-27-28-25-21/h5-6,8-14,26H,3-4,7H2,1-2H3,(H,24,25,27,28). The maximum Gasteiger partial charge on any atom is 0.280 e. The Morgan fingerprint density at radius 3 is 2.60 bits per heavy atom. The number of aryl methyl sites for hydroxylation is 2. The van der Waals surface area contributed by atoms with Crippen LogP contribution in [0.4, 0.5) is 5.69 Å². The summed E-state index contributed by atoms with van der Waals surface area (Å²) in [7, 11) is 0. The molecule has 0 saturated heterocycles. The van der Waals surface area contributed by atoms with Crippen molar-refractivity contribution in [3.8, 4) is 17.1 Å². The number of benzene rings is 2. The van der Waals surface area contributed by atoms with Gasteiger partial charge in [-0.05, 0) is 54.0 Å². The van der Waals surface area contributed by atoms with E-state index >= 15 is 0 Å². The van der Waals surface area contributed by atoms with E-state index in [1.54, 1.807) is 10.9 Å². The van der Waals surface area contributed by atoms with Crippen molar-refractivity contribution in [2.75, 3.05) is 0 Å². The van der Waals surface area contributed by atoms with Gasteiger partial charge < -0.3 is 0 Å². The van der Waals surface area contributed by atoms with E-state index in [2.05, 4.69) is 50.6 Å². The first-order chi connectivity index (χ1) is 14.7. The highest BCUT2D eigenvalue weighted by atomic mass is 16.1. The third-order valence-electron chi connectivity index (χ3n) is 4.94. The van der Waals surface area contributed by atoms with E-state index in [1.807, 2.05) is 42.5 Å². The number of aromatic nitrogens is 6. The first kappa shape index (κ1) is 19.5. The number of hydrogen-bond acceptors (Lipinski definition) is 5. The molecule has 0 amide bonds. The molecule has 0 saturated carbocycles. The lowest BCUT2D eigenvalue weighted by atomic mass is 10.1. The minimum Gasteiger partial charge on any atom is -0.294 e. The van der Waals surface area contributed by atoms with Crippen LogP contribution in [-0.4, -0.2) is 36.6 Å². The molecule has 152 valence electrons. The number of rotatable bonds is 7. The van der Waals surface area contributed by atoms with Gasteiger partial charge >= 0.3 is 0 Å². The maximum absolute atomic E-state index is 13.2. The quantitative estimate of drug-likeness (QED) is 0.462. The summed E-state index contributed by atoms with van der Waals surface area (Å²) < 4.78 is 1.55. The molecule has 0 unspecified atom stereocenters. The largest absolute Gasteiger partial charge is 0.294 e. The van der Waals surface area contributed by atoms with Crippen LogP contribution in [0.15, 0.2) is 58.3 Å². The van der Waals surface area contributed by atoms with Gasteiger partial charge in [0.1, 0.15) is 0 Å². The fourth-order valence-corrected chi connectivity index (χ4v) is 3.36. The van der Waals surface area contributed by atoms with Gasteiger partial charge in [0.2, 0.25) is 5.82 Å². The van der Waals surface area contributed by atoms with Crippen molar-refractivity contribution in [2.45, 2.75) is 33.1 Å². The molecule has 30 heavy (non-hydrogen) atoms. The van der Waals surface area contributed by atoms with E-state index in [0.29, 0.717) is 11.4 Å². The van der Waals surface area contributed by atoms with Crippen LogP contribution in [0.25, 0.3) is 17.1 Å². The van der Waals surface area contributed by atoms with Gasteiger partial charge in [-0.15, -0.1) is 10.2 Å². The predicted molar refractivity (Wildman–Crippen MR) is 117 cm³/mol. The van der Waals surface area contributed by atoms with Crippen LogP contribution >= 0.6 is 0 Å². The number of nitrogens with one attached hydrogen (secondary N) is 2. The fourth-order valence-electron chi connectivity index (χ4n) is 3.36. The van der Waals surface area contributed by atoms with Crippen LogP contribution in [0, 0.1) is 0 Å². The molecule has 0 aliphatic rings. The first-order valence-electron chi connectivity index (χ1n) is 10.0. The predicted octanol–water partition coefficient (Wildman–Crippen LogP) is 3.61. The Balaban J connectivity index is 1.71. The molecule has 2 N–H and O–H groups in total. The Morgan fingerprint density at radius 2 is 1.90 bits per heavy atom. The molecule has 2 aromatic heterocycles. The number of tetrazole rings is 1. The van der Waals surface area contributed by atoms with Crippen molar-refractivity contribution in [1.29, 1.82) is 0 Å². The first-order valence-corrected chi connectivity index (χ1v) is 10.0. The van der Waals surface area contributed by atoms with Gasteiger partial charge in [0, 0.05) is 17.5 Å². The Labute approximate surface area is 173 Å². The molecule has 0 aliphatic carbocycles. The zero-order valence-electron chi connectivity index (χ0n) is 17.0. The normalized spacial score (nSPS) is 11.4. The molecule has 4 aromatic rings. The van der Waals surface area contributed by atoms with Gasteiger partial charge in [-0.25, -0.2) is 4.68 Å². The summed E-state index contributed by atoms with van der Waals surface area (Å²) in [6.45, 7) is 4.18. The van der Waals surface area contributed by atoms with Crippen LogP contribution in [0.2, 0.25) is 0 Å². The lowest BCUT2D eigenvalue weighted by molar-refractivity contribution is 0.793. The van der Waals surface area contributed by atoms with E-state index in [-0.39, 0.29) is 5.56 Å². The maximum atomic E-state index is 13.2. The van der Waals surface area contributed by atoms with Gasteiger partial charge in [-0.1, -0.05) is 38.5 Å². The highest BCUT2D eigenvalue weighted by molar-refractivity contribution is 5.83. The average molecular weight is 401 g/mol. The Kier molecular flexibility index (Phi) is 5.65. The molecular weight excluding hydrogens is 378 g/mol. The number of para-hydroxylation sites is 1. The average Bonchev–Trinajstić information content (AvgIpc) is 3.42. The highest BCUT2D eigenvalue weighted by Crippen LogP contribution is 2.20. The van der Waals surface area contributed by atoms with Crippen molar-refractivity contribution < 1.29 is 0 Å². The SMILES string of the molecule is CCCc1[nH]n(-c2ccc(-c3nn[nH]n3)cc2)c(=O)c1C=Nc1ccccc1CC. The molecule has 8 nitrogen and oxygen atoms in total. The molecular formula is C22H23N7O. The summed E-state index contributed by atoms with van der Waals surface area (Å²) in [4.78, 5) is 17.8. The number of hydrogen-bond donors (Lipinski definition) is 2. The van der Waals surface area contributed by atoms with E-state index in [1.165, 1.54) is 0 Å². The number of H-pyrrole nitrogens is 2. The Hall–Kier alpha value is -3.81. The fraction of sp³-hybridized carbons (Fsp3) is 0.227.